The Balaban J connectivity index is 2.18. The predicted octanol–water partition coefficient (Wildman–Crippen LogP) is 1.63. The highest BCUT2D eigenvalue weighted by molar-refractivity contribution is 6.31. The van der Waals surface area contributed by atoms with Crippen molar-refractivity contribution in [1.82, 2.24) is 14.5 Å². The average Bonchev–Trinajstić information content (AvgIpc) is 2.83. The van der Waals surface area contributed by atoms with Gasteiger partial charge in [-0.15, -0.1) is 0 Å². The van der Waals surface area contributed by atoms with Crippen LogP contribution in [0, 0.1) is 0 Å². The molecule has 16 heavy (non-hydrogen) atoms. The van der Waals surface area contributed by atoms with Crippen LogP contribution in [0.3, 0.4) is 0 Å². The zero-order valence-electron chi connectivity index (χ0n) is 8.56. The second-order valence-electron chi connectivity index (χ2n) is 3.85. The van der Waals surface area contributed by atoms with E-state index in [9.17, 15) is 0 Å². The van der Waals surface area contributed by atoms with Gasteiger partial charge in [0, 0.05) is 12.8 Å². The third-order valence-electron chi connectivity index (χ3n) is 2.79. The molecule has 1 fully saturated rings. The van der Waals surface area contributed by atoms with Crippen LogP contribution >= 0.6 is 11.6 Å². The normalized spacial score (nSPS) is 20.7. The Morgan fingerprint density at radius 1 is 1.56 bits per heavy atom. The molecule has 2 aromatic rings. The molecule has 5 nitrogen and oxygen atoms in total. The monoisotopic (exact) mass is 238 g/mol. The number of nitrogens with zero attached hydrogens (tertiary/aromatic N) is 3. The first-order valence-electron chi connectivity index (χ1n) is 5.12. The van der Waals surface area contributed by atoms with Gasteiger partial charge in [0.15, 0.2) is 5.65 Å². The molecule has 0 bridgehead atoms. The maximum atomic E-state index is 5.90. The van der Waals surface area contributed by atoms with Gasteiger partial charge in [-0.25, -0.2) is 9.97 Å². The quantitative estimate of drug-likeness (QED) is 0.820. The lowest BCUT2D eigenvalue weighted by Crippen LogP contribution is -2.12. The number of hydrogen-bond donors (Lipinski definition) is 1. The first-order valence-corrected chi connectivity index (χ1v) is 5.50. The molecule has 0 amide bonds. The number of aromatic nitrogens is 3. The molecule has 1 aliphatic rings. The molecule has 2 N–H and O–H groups in total. The van der Waals surface area contributed by atoms with Gasteiger partial charge in [-0.1, -0.05) is 11.6 Å². The fourth-order valence-electron chi connectivity index (χ4n) is 2.06. The van der Waals surface area contributed by atoms with E-state index in [2.05, 4.69) is 9.97 Å². The van der Waals surface area contributed by atoms with Crippen LogP contribution in [0.15, 0.2) is 12.3 Å². The SMILES string of the molecule is Nc1nc2cc(Cl)cnc2n1C1CCOC1. The van der Waals surface area contributed by atoms with E-state index in [1.54, 1.807) is 12.3 Å². The van der Waals surface area contributed by atoms with Crippen molar-refractivity contribution < 1.29 is 4.74 Å². The smallest absolute Gasteiger partial charge is 0.202 e. The van der Waals surface area contributed by atoms with Crippen molar-refractivity contribution in [3.8, 4) is 0 Å². The van der Waals surface area contributed by atoms with Crippen molar-refractivity contribution >= 4 is 28.7 Å². The van der Waals surface area contributed by atoms with Crippen molar-refractivity contribution in [1.29, 1.82) is 0 Å². The number of rotatable bonds is 1. The van der Waals surface area contributed by atoms with Crippen LogP contribution in [0.4, 0.5) is 5.95 Å². The van der Waals surface area contributed by atoms with Gasteiger partial charge in [0.1, 0.15) is 5.52 Å². The van der Waals surface area contributed by atoms with E-state index >= 15 is 0 Å². The summed E-state index contributed by atoms with van der Waals surface area (Å²) in [5.74, 6) is 0.472. The van der Waals surface area contributed by atoms with Gasteiger partial charge in [0.25, 0.3) is 0 Å². The zero-order chi connectivity index (χ0) is 11.1. The van der Waals surface area contributed by atoms with Gasteiger partial charge in [0.2, 0.25) is 5.95 Å². The first kappa shape index (κ1) is 9.86. The Labute approximate surface area is 97.2 Å². The largest absolute Gasteiger partial charge is 0.379 e. The van der Waals surface area contributed by atoms with Crippen LogP contribution in [0.1, 0.15) is 12.5 Å². The molecule has 0 saturated carbocycles. The van der Waals surface area contributed by atoms with Gasteiger partial charge in [0.05, 0.1) is 17.7 Å². The minimum absolute atomic E-state index is 0.235. The summed E-state index contributed by atoms with van der Waals surface area (Å²) >= 11 is 5.86. The summed E-state index contributed by atoms with van der Waals surface area (Å²) in [6.45, 7) is 1.43. The van der Waals surface area contributed by atoms with Gasteiger partial charge in [-0.3, -0.25) is 4.57 Å². The fraction of sp³-hybridized carbons (Fsp3) is 0.400. The molecular weight excluding hydrogens is 228 g/mol. The molecule has 0 aliphatic carbocycles. The Morgan fingerprint density at radius 2 is 2.44 bits per heavy atom. The Kier molecular flexibility index (Phi) is 2.22. The highest BCUT2D eigenvalue weighted by atomic mass is 35.5. The van der Waals surface area contributed by atoms with Crippen LogP contribution in [0.25, 0.3) is 11.2 Å². The van der Waals surface area contributed by atoms with E-state index in [1.807, 2.05) is 4.57 Å². The molecule has 0 spiro atoms. The maximum absolute atomic E-state index is 5.90. The minimum Gasteiger partial charge on any atom is -0.379 e. The number of halogens is 1. The standard InChI is InChI=1S/C10H11ClN4O/c11-6-3-8-9(13-4-6)15(10(12)14-8)7-1-2-16-5-7/h3-4,7H,1-2,5H2,(H2,12,14). The number of ether oxygens (including phenoxy) is 1. The number of anilines is 1. The van der Waals surface area contributed by atoms with E-state index in [-0.39, 0.29) is 6.04 Å². The molecule has 1 aliphatic heterocycles. The van der Waals surface area contributed by atoms with E-state index in [0.29, 0.717) is 17.6 Å². The maximum Gasteiger partial charge on any atom is 0.202 e. The summed E-state index contributed by atoms with van der Waals surface area (Å²) in [6, 6.07) is 2.01. The molecule has 1 atom stereocenters. The highest BCUT2D eigenvalue weighted by Gasteiger charge is 2.22. The van der Waals surface area contributed by atoms with Crippen LogP contribution < -0.4 is 5.73 Å². The molecule has 1 unspecified atom stereocenters. The van der Waals surface area contributed by atoms with E-state index in [0.717, 1.165) is 24.2 Å². The summed E-state index contributed by atoms with van der Waals surface area (Å²) in [5.41, 5.74) is 7.41. The molecule has 3 rings (SSSR count). The Hall–Kier alpha value is -1.33. The van der Waals surface area contributed by atoms with Gasteiger partial charge >= 0.3 is 0 Å². The molecule has 1 saturated heterocycles. The van der Waals surface area contributed by atoms with E-state index < -0.39 is 0 Å². The summed E-state index contributed by atoms with van der Waals surface area (Å²) in [4.78, 5) is 8.54. The number of hydrogen-bond acceptors (Lipinski definition) is 4. The number of fused-ring (bicyclic) bond motifs is 1. The Bertz CT molecular complexity index is 533. The average molecular weight is 239 g/mol. The van der Waals surface area contributed by atoms with Crippen molar-refractivity contribution in [3.63, 3.8) is 0 Å². The summed E-state index contributed by atoms with van der Waals surface area (Å²) in [5, 5.41) is 0.569. The summed E-state index contributed by atoms with van der Waals surface area (Å²) < 4.78 is 7.28. The van der Waals surface area contributed by atoms with E-state index in [4.69, 9.17) is 22.1 Å². The lowest BCUT2D eigenvalue weighted by atomic mass is 10.2. The van der Waals surface area contributed by atoms with E-state index in [1.165, 1.54) is 0 Å². The summed E-state index contributed by atoms with van der Waals surface area (Å²) in [6.07, 6.45) is 2.55. The Morgan fingerprint density at radius 3 is 3.19 bits per heavy atom. The van der Waals surface area contributed by atoms with Crippen molar-refractivity contribution in [2.75, 3.05) is 18.9 Å². The number of imidazole rings is 1. The molecule has 6 heteroatoms. The lowest BCUT2D eigenvalue weighted by Gasteiger charge is -2.11. The highest BCUT2D eigenvalue weighted by Crippen LogP contribution is 2.27. The lowest BCUT2D eigenvalue weighted by molar-refractivity contribution is 0.187. The minimum atomic E-state index is 0.235. The number of pyridine rings is 1. The number of nitrogen functional groups attached to an aromatic ring is 1. The van der Waals surface area contributed by atoms with Gasteiger partial charge in [-0.2, -0.15) is 0 Å². The van der Waals surface area contributed by atoms with Crippen LogP contribution in [0.5, 0.6) is 0 Å². The van der Waals surface area contributed by atoms with Gasteiger partial charge < -0.3 is 10.5 Å². The van der Waals surface area contributed by atoms with Crippen LogP contribution in [-0.2, 0) is 4.74 Å². The topological polar surface area (TPSA) is 66.0 Å². The second-order valence-corrected chi connectivity index (χ2v) is 4.29. The second kappa shape index (κ2) is 3.61. The summed E-state index contributed by atoms with van der Waals surface area (Å²) in [7, 11) is 0. The molecule has 0 aromatic carbocycles. The zero-order valence-corrected chi connectivity index (χ0v) is 9.31. The van der Waals surface area contributed by atoms with Crippen LogP contribution in [0.2, 0.25) is 5.02 Å². The molecule has 0 radical (unpaired) electrons. The fourth-order valence-corrected chi connectivity index (χ4v) is 2.21. The van der Waals surface area contributed by atoms with Crippen molar-refractivity contribution in [3.05, 3.63) is 17.3 Å². The van der Waals surface area contributed by atoms with Crippen LogP contribution in [-0.4, -0.2) is 27.7 Å². The number of nitrogens with two attached hydrogens (primary N) is 1. The first-order chi connectivity index (χ1) is 7.75. The van der Waals surface area contributed by atoms with Crippen molar-refractivity contribution in [2.45, 2.75) is 12.5 Å². The predicted molar refractivity (Wildman–Crippen MR) is 61.4 cm³/mol. The third kappa shape index (κ3) is 1.44. The third-order valence-corrected chi connectivity index (χ3v) is 3.00. The van der Waals surface area contributed by atoms with Gasteiger partial charge in [-0.05, 0) is 12.5 Å². The molecule has 2 aromatic heterocycles. The molecule has 84 valence electrons. The van der Waals surface area contributed by atoms with Crippen molar-refractivity contribution in [2.24, 2.45) is 0 Å². The molecule has 3 heterocycles. The molecular formula is C10H11ClN4O.